The van der Waals surface area contributed by atoms with E-state index in [1.54, 1.807) is 0 Å². The lowest BCUT2D eigenvalue weighted by Gasteiger charge is -2.22. The van der Waals surface area contributed by atoms with Crippen molar-refractivity contribution >= 4 is 10.8 Å². The molecule has 0 unspecified atom stereocenters. The Hall–Kier alpha value is -5.34. The molecular weight excluding hydrogens is 520 g/mol. The van der Waals surface area contributed by atoms with Crippen molar-refractivity contribution in [2.75, 3.05) is 0 Å². The highest BCUT2D eigenvalue weighted by Crippen LogP contribution is 2.49. The summed E-state index contributed by atoms with van der Waals surface area (Å²) in [6.45, 7) is 4.66. The summed E-state index contributed by atoms with van der Waals surface area (Å²) in [5.74, 6) is 0.734. The Morgan fingerprint density at radius 1 is 0.419 bits per heavy atom. The van der Waals surface area contributed by atoms with Gasteiger partial charge in [0.1, 0.15) is 0 Å². The van der Waals surface area contributed by atoms with E-state index in [0.29, 0.717) is 0 Å². The van der Waals surface area contributed by atoms with Gasteiger partial charge in [0.2, 0.25) is 0 Å². The Bertz CT molecular complexity index is 2140. The average molecular weight is 551 g/mol. The molecule has 0 spiro atoms. The fourth-order valence-electron chi connectivity index (χ4n) is 6.61. The monoisotopic (exact) mass is 550 g/mol. The maximum Gasteiger partial charge on any atom is 0.161 e. The number of hydrogen-bond acceptors (Lipinski definition) is 2. The maximum absolute atomic E-state index is 5.13. The predicted octanol–water partition coefficient (Wildman–Crippen LogP) is 10.6. The zero-order valence-electron chi connectivity index (χ0n) is 24.3. The quantitative estimate of drug-likeness (QED) is 0.218. The highest BCUT2D eigenvalue weighted by Gasteiger charge is 2.35. The second-order valence-electron chi connectivity index (χ2n) is 11.9. The molecule has 1 aliphatic rings. The molecule has 1 aromatic heterocycles. The summed E-state index contributed by atoms with van der Waals surface area (Å²) in [5.41, 5.74) is 12.9. The van der Waals surface area contributed by atoms with E-state index in [9.17, 15) is 0 Å². The van der Waals surface area contributed by atoms with Crippen LogP contribution >= 0.6 is 0 Å². The van der Waals surface area contributed by atoms with Gasteiger partial charge in [0, 0.05) is 22.1 Å². The molecule has 0 N–H and O–H groups in total. The van der Waals surface area contributed by atoms with Gasteiger partial charge < -0.3 is 0 Å². The fourth-order valence-corrected chi connectivity index (χ4v) is 6.61. The van der Waals surface area contributed by atoms with Gasteiger partial charge >= 0.3 is 0 Å². The van der Waals surface area contributed by atoms with Crippen molar-refractivity contribution in [2.45, 2.75) is 19.3 Å². The van der Waals surface area contributed by atoms with Crippen molar-refractivity contribution < 1.29 is 0 Å². The summed E-state index contributed by atoms with van der Waals surface area (Å²) >= 11 is 0. The van der Waals surface area contributed by atoms with Crippen LogP contribution in [-0.2, 0) is 5.41 Å². The van der Waals surface area contributed by atoms with E-state index in [0.717, 1.165) is 39.3 Å². The minimum atomic E-state index is -0.0192. The Morgan fingerprint density at radius 2 is 1.00 bits per heavy atom. The van der Waals surface area contributed by atoms with Gasteiger partial charge in [-0.05, 0) is 56.3 Å². The molecule has 0 saturated carbocycles. The standard InChI is InChI=1S/C41H30N2/c1-41(2)36-18-9-8-16-33(36)34-24-23-31(25-37(34)41)27-19-21-30(22-20-27)39-26-38(29-12-4-3-5-13-29)42-40(43-39)35-17-10-14-28-11-6-7-15-32(28)35/h3-26H,1-2H3. The van der Waals surface area contributed by atoms with Crippen molar-refractivity contribution in [1.82, 2.24) is 9.97 Å². The average Bonchev–Trinajstić information content (AvgIpc) is 3.30. The van der Waals surface area contributed by atoms with Gasteiger partial charge in [-0.3, -0.25) is 0 Å². The Labute approximate surface area is 252 Å². The first-order valence-electron chi connectivity index (χ1n) is 14.8. The normalized spacial score (nSPS) is 13.1. The third kappa shape index (κ3) is 4.26. The van der Waals surface area contributed by atoms with Crippen LogP contribution in [0.3, 0.4) is 0 Å². The van der Waals surface area contributed by atoms with Gasteiger partial charge in [0.05, 0.1) is 11.4 Å². The Morgan fingerprint density at radius 3 is 1.81 bits per heavy atom. The molecule has 0 aliphatic heterocycles. The van der Waals surface area contributed by atoms with Gasteiger partial charge in [0.15, 0.2) is 5.82 Å². The molecule has 0 saturated heterocycles. The molecule has 1 heterocycles. The van der Waals surface area contributed by atoms with Crippen LogP contribution in [-0.4, -0.2) is 9.97 Å². The van der Waals surface area contributed by atoms with Crippen molar-refractivity contribution in [3.8, 4) is 56.2 Å². The molecule has 0 fully saturated rings. The number of fused-ring (bicyclic) bond motifs is 4. The van der Waals surface area contributed by atoms with E-state index < -0.39 is 0 Å². The lowest BCUT2D eigenvalue weighted by atomic mass is 9.81. The van der Waals surface area contributed by atoms with Crippen LogP contribution in [0.2, 0.25) is 0 Å². The molecule has 0 radical (unpaired) electrons. The smallest absolute Gasteiger partial charge is 0.161 e. The van der Waals surface area contributed by atoms with E-state index in [4.69, 9.17) is 9.97 Å². The number of aromatic nitrogens is 2. The molecule has 6 aromatic carbocycles. The van der Waals surface area contributed by atoms with E-state index in [1.807, 2.05) is 6.07 Å². The van der Waals surface area contributed by atoms with Crippen LogP contribution < -0.4 is 0 Å². The zero-order valence-corrected chi connectivity index (χ0v) is 24.3. The van der Waals surface area contributed by atoms with Crippen LogP contribution in [0.5, 0.6) is 0 Å². The highest BCUT2D eigenvalue weighted by molar-refractivity contribution is 5.95. The van der Waals surface area contributed by atoms with Gasteiger partial charge in [0.25, 0.3) is 0 Å². The predicted molar refractivity (Wildman–Crippen MR) is 179 cm³/mol. The lowest BCUT2D eigenvalue weighted by molar-refractivity contribution is 0.660. The third-order valence-electron chi connectivity index (χ3n) is 8.92. The zero-order chi connectivity index (χ0) is 29.0. The van der Waals surface area contributed by atoms with Crippen molar-refractivity contribution in [3.63, 3.8) is 0 Å². The third-order valence-corrected chi connectivity index (χ3v) is 8.92. The Balaban J connectivity index is 1.21. The molecule has 0 bridgehead atoms. The van der Waals surface area contributed by atoms with Crippen LogP contribution in [0.15, 0.2) is 146 Å². The van der Waals surface area contributed by atoms with Crippen molar-refractivity contribution in [2.24, 2.45) is 0 Å². The molecule has 8 rings (SSSR count). The molecule has 43 heavy (non-hydrogen) atoms. The SMILES string of the molecule is CC1(C)c2ccccc2-c2ccc(-c3ccc(-c4cc(-c5ccccc5)nc(-c5cccc6ccccc56)n4)cc3)cc21. The first-order valence-corrected chi connectivity index (χ1v) is 14.8. The number of rotatable bonds is 4. The first-order chi connectivity index (χ1) is 21.1. The van der Waals surface area contributed by atoms with Gasteiger partial charge in [-0.1, -0.05) is 147 Å². The first kappa shape index (κ1) is 25.4. The molecule has 0 amide bonds. The Kier molecular flexibility index (Phi) is 5.84. The molecular formula is C41H30N2. The minimum absolute atomic E-state index is 0.0192. The van der Waals surface area contributed by atoms with Gasteiger partial charge in [-0.15, -0.1) is 0 Å². The molecule has 7 aromatic rings. The van der Waals surface area contributed by atoms with Crippen LogP contribution in [0.4, 0.5) is 0 Å². The second-order valence-corrected chi connectivity index (χ2v) is 11.9. The van der Waals surface area contributed by atoms with Crippen LogP contribution in [0.25, 0.3) is 66.9 Å². The summed E-state index contributed by atoms with van der Waals surface area (Å²) in [5, 5.41) is 2.33. The van der Waals surface area contributed by atoms with E-state index in [2.05, 4.69) is 153 Å². The fraction of sp³-hybridized carbons (Fsp3) is 0.0732. The molecule has 2 heteroatoms. The van der Waals surface area contributed by atoms with Gasteiger partial charge in [-0.2, -0.15) is 0 Å². The number of hydrogen-bond donors (Lipinski definition) is 0. The van der Waals surface area contributed by atoms with Crippen molar-refractivity contribution in [3.05, 3.63) is 157 Å². The highest BCUT2D eigenvalue weighted by atomic mass is 14.9. The number of nitrogens with zero attached hydrogens (tertiary/aromatic N) is 2. The van der Waals surface area contributed by atoms with E-state index in [1.165, 1.54) is 38.8 Å². The van der Waals surface area contributed by atoms with E-state index in [-0.39, 0.29) is 5.41 Å². The maximum atomic E-state index is 5.13. The second kappa shape index (κ2) is 9.89. The largest absolute Gasteiger partial charge is 0.228 e. The van der Waals surface area contributed by atoms with Gasteiger partial charge in [-0.25, -0.2) is 9.97 Å². The summed E-state index contributed by atoms with van der Waals surface area (Å²) < 4.78 is 0. The topological polar surface area (TPSA) is 25.8 Å². The van der Waals surface area contributed by atoms with E-state index >= 15 is 0 Å². The van der Waals surface area contributed by atoms with Crippen molar-refractivity contribution in [1.29, 1.82) is 0 Å². The molecule has 0 atom stereocenters. The summed E-state index contributed by atoms with van der Waals surface area (Å²) in [7, 11) is 0. The summed E-state index contributed by atoms with van der Waals surface area (Å²) in [4.78, 5) is 10.2. The number of benzene rings is 6. The minimum Gasteiger partial charge on any atom is -0.228 e. The lowest BCUT2D eigenvalue weighted by Crippen LogP contribution is -2.14. The van der Waals surface area contributed by atoms with Crippen LogP contribution in [0.1, 0.15) is 25.0 Å². The molecule has 204 valence electrons. The molecule has 2 nitrogen and oxygen atoms in total. The van der Waals surface area contributed by atoms with Crippen LogP contribution in [0, 0.1) is 0 Å². The summed E-state index contributed by atoms with van der Waals surface area (Å²) in [6, 6.07) is 51.8. The summed E-state index contributed by atoms with van der Waals surface area (Å²) in [6.07, 6.45) is 0. The molecule has 1 aliphatic carbocycles.